The van der Waals surface area contributed by atoms with E-state index in [1.165, 1.54) is 11.8 Å². The van der Waals surface area contributed by atoms with E-state index in [2.05, 4.69) is 11.9 Å². The van der Waals surface area contributed by atoms with Crippen molar-refractivity contribution in [2.45, 2.75) is 33.8 Å². The molecular weight excluding hydrogens is 408 g/mol. The van der Waals surface area contributed by atoms with Crippen LogP contribution in [0.5, 0.6) is 0 Å². The molecule has 0 radical (unpaired) electrons. The lowest BCUT2D eigenvalue weighted by atomic mass is 9.95. The molecule has 0 saturated carbocycles. The van der Waals surface area contributed by atoms with Crippen molar-refractivity contribution < 1.29 is 23.9 Å². The minimum absolute atomic E-state index is 0.140. The molecule has 1 atom stereocenters. The molecule has 0 spiro atoms. The summed E-state index contributed by atoms with van der Waals surface area (Å²) in [7, 11) is 0. The van der Waals surface area contributed by atoms with Gasteiger partial charge in [0.05, 0.1) is 0 Å². The highest BCUT2D eigenvalue weighted by atomic mass is 16.5. The van der Waals surface area contributed by atoms with Crippen LogP contribution in [-0.2, 0) is 14.3 Å². The van der Waals surface area contributed by atoms with E-state index in [4.69, 9.17) is 4.74 Å². The Balaban J connectivity index is 1.59. The van der Waals surface area contributed by atoms with Crippen LogP contribution in [0, 0.1) is 5.41 Å². The molecule has 2 aromatic rings. The third-order valence-electron chi connectivity index (χ3n) is 5.11. The third kappa shape index (κ3) is 4.77. The highest BCUT2D eigenvalue weighted by Gasteiger charge is 2.33. The maximum atomic E-state index is 12.7. The molecule has 2 aromatic carbocycles. The number of anilines is 1. The van der Waals surface area contributed by atoms with Gasteiger partial charge in [-0.1, -0.05) is 45.5 Å². The minimum atomic E-state index is -1.04. The number of fused-ring (bicyclic) bond motifs is 1. The summed E-state index contributed by atoms with van der Waals surface area (Å²) in [5.41, 5.74) is 1.95. The molecule has 1 N–H and O–H groups in total. The second kappa shape index (κ2) is 8.78. The van der Waals surface area contributed by atoms with Gasteiger partial charge in [-0.25, -0.2) is 0 Å². The minimum Gasteiger partial charge on any atom is -0.453 e. The molecule has 0 bridgehead atoms. The number of nitrogens with one attached hydrogen (secondary N) is 1. The zero-order valence-corrected chi connectivity index (χ0v) is 18.6. The Hall–Kier alpha value is -3.74. The zero-order valence-electron chi connectivity index (χ0n) is 18.6. The second-order valence-corrected chi connectivity index (χ2v) is 8.66. The Morgan fingerprint density at radius 1 is 1.03 bits per heavy atom. The quantitative estimate of drug-likeness (QED) is 0.550. The molecule has 0 aromatic heterocycles. The molecule has 1 aliphatic rings. The number of ether oxygens (including phenoxy) is 1. The molecule has 2 amide bonds. The van der Waals surface area contributed by atoms with Crippen molar-refractivity contribution >= 4 is 35.0 Å². The summed E-state index contributed by atoms with van der Waals surface area (Å²) >= 11 is 0. The van der Waals surface area contributed by atoms with Crippen LogP contribution in [0.2, 0.25) is 0 Å². The average Bonchev–Trinajstić information content (AvgIpc) is 2.98. The van der Waals surface area contributed by atoms with E-state index in [1.807, 2.05) is 0 Å². The zero-order chi connectivity index (χ0) is 23.6. The van der Waals surface area contributed by atoms with Gasteiger partial charge in [0, 0.05) is 33.5 Å². The summed E-state index contributed by atoms with van der Waals surface area (Å²) in [5.74, 6) is -1.56. The van der Waals surface area contributed by atoms with Crippen molar-refractivity contribution in [2.75, 3.05) is 11.9 Å². The summed E-state index contributed by atoms with van der Waals surface area (Å²) < 4.78 is 5.27. The number of hydrogen-bond acceptors (Lipinski definition) is 5. The van der Waals surface area contributed by atoms with Crippen molar-refractivity contribution in [1.82, 2.24) is 4.90 Å². The number of ketones is 1. The topological polar surface area (TPSA) is 92.8 Å². The van der Waals surface area contributed by atoms with Gasteiger partial charge in [0.15, 0.2) is 6.10 Å². The number of amides is 2. The molecule has 1 heterocycles. The average molecular weight is 434 g/mol. The first-order valence-corrected chi connectivity index (χ1v) is 10.2. The van der Waals surface area contributed by atoms with Crippen molar-refractivity contribution in [3.8, 4) is 0 Å². The number of rotatable bonds is 6. The van der Waals surface area contributed by atoms with Gasteiger partial charge in [0.25, 0.3) is 5.91 Å². The molecule has 166 valence electrons. The fraction of sp³-hybridized carbons (Fsp3) is 0.280. The molecule has 3 rings (SSSR count). The first-order valence-electron chi connectivity index (χ1n) is 10.2. The van der Waals surface area contributed by atoms with Gasteiger partial charge < -0.3 is 10.1 Å². The van der Waals surface area contributed by atoms with E-state index in [0.717, 1.165) is 0 Å². The Kier molecular flexibility index (Phi) is 6.30. The first kappa shape index (κ1) is 22.9. The first-order chi connectivity index (χ1) is 15.0. The molecule has 1 aliphatic heterocycles. The van der Waals surface area contributed by atoms with Crippen molar-refractivity contribution in [1.29, 1.82) is 0 Å². The maximum absolute atomic E-state index is 12.7. The molecule has 1 unspecified atom stereocenters. The summed E-state index contributed by atoms with van der Waals surface area (Å²) in [5, 5.41) is 2.78. The van der Waals surface area contributed by atoms with Crippen LogP contribution in [0.3, 0.4) is 0 Å². The number of carbonyl (C=O) groups is 4. The van der Waals surface area contributed by atoms with Crippen molar-refractivity contribution in [3.05, 3.63) is 71.8 Å². The molecular formula is C25H26N2O5. The Bertz CT molecular complexity index is 1060. The van der Waals surface area contributed by atoms with Crippen LogP contribution in [-0.4, -0.2) is 41.1 Å². The van der Waals surface area contributed by atoms with Gasteiger partial charge >= 0.3 is 5.97 Å². The maximum Gasteiger partial charge on any atom is 0.326 e. The normalized spacial score (nSPS) is 14.1. The van der Waals surface area contributed by atoms with Crippen LogP contribution >= 0.6 is 0 Å². The number of benzene rings is 2. The summed E-state index contributed by atoms with van der Waals surface area (Å²) in [6.45, 7) is 10.4. The Morgan fingerprint density at radius 2 is 1.62 bits per heavy atom. The molecule has 0 fully saturated rings. The van der Waals surface area contributed by atoms with Crippen molar-refractivity contribution in [3.63, 3.8) is 0 Å². The van der Waals surface area contributed by atoms with Gasteiger partial charge in [0.2, 0.25) is 11.7 Å². The van der Waals surface area contributed by atoms with E-state index in [0.29, 0.717) is 28.1 Å². The van der Waals surface area contributed by atoms with Crippen LogP contribution < -0.4 is 5.32 Å². The number of hydrogen-bond donors (Lipinski definition) is 1. The largest absolute Gasteiger partial charge is 0.453 e. The molecule has 7 nitrogen and oxygen atoms in total. The summed E-state index contributed by atoms with van der Waals surface area (Å²) in [4.78, 5) is 50.9. The van der Waals surface area contributed by atoms with Gasteiger partial charge in [-0.15, -0.1) is 0 Å². The van der Waals surface area contributed by atoms with Gasteiger partial charge in [-0.2, -0.15) is 0 Å². The van der Waals surface area contributed by atoms with E-state index >= 15 is 0 Å². The standard InChI is InChI=1S/C25H26N2O5/c1-15-19-8-6-7-9-20(19)23(30)27(15)14-21(28)32-16(2)22(29)17-10-12-18(13-11-17)26-24(31)25(3,4)5/h6-13,16H,1,14H2,2-5H3,(H,26,31). The highest BCUT2D eigenvalue weighted by Crippen LogP contribution is 2.30. The highest BCUT2D eigenvalue weighted by molar-refractivity contribution is 6.10. The molecule has 0 aliphatic carbocycles. The van der Waals surface area contributed by atoms with Crippen LogP contribution in [0.4, 0.5) is 5.69 Å². The lowest BCUT2D eigenvalue weighted by molar-refractivity contribution is -0.146. The molecule has 32 heavy (non-hydrogen) atoms. The Morgan fingerprint density at radius 3 is 2.19 bits per heavy atom. The smallest absolute Gasteiger partial charge is 0.326 e. The van der Waals surface area contributed by atoms with Crippen molar-refractivity contribution in [2.24, 2.45) is 5.41 Å². The van der Waals surface area contributed by atoms with E-state index in [1.54, 1.807) is 69.3 Å². The van der Waals surface area contributed by atoms with Crippen LogP contribution in [0.1, 0.15) is 54.0 Å². The lowest BCUT2D eigenvalue weighted by Gasteiger charge is -2.19. The third-order valence-corrected chi connectivity index (χ3v) is 5.11. The Labute approximate surface area is 187 Å². The summed E-state index contributed by atoms with van der Waals surface area (Å²) in [6.07, 6.45) is -1.04. The lowest BCUT2D eigenvalue weighted by Crippen LogP contribution is -2.34. The summed E-state index contributed by atoms with van der Waals surface area (Å²) in [6, 6.07) is 13.3. The van der Waals surface area contributed by atoms with E-state index in [-0.39, 0.29) is 24.1 Å². The molecule has 0 saturated heterocycles. The van der Waals surface area contributed by atoms with E-state index < -0.39 is 17.5 Å². The number of Topliss-reactive ketones (excluding diaryl/α,β-unsaturated/α-hetero) is 1. The van der Waals surface area contributed by atoms with Gasteiger partial charge in [-0.3, -0.25) is 24.1 Å². The van der Waals surface area contributed by atoms with E-state index in [9.17, 15) is 19.2 Å². The fourth-order valence-electron chi connectivity index (χ4n) is 3.19. The fourth-order valence-corrected chi connectivity index (χ4v) is 3.19. The number of carbonyl (C=O) groups excluding carboxylic acids is 4. The van der Waals surface area contributed by atoms with Gasteiger partial charge in [0.1, 0.15) is 6.54 Å². The van der Waals surface area contributed by atoms with Gasteiger partial charge in [-0.05, 0) is 37.3 Å². The predicted octanol–water partition coefficient (Wildman–Crippen LogP) is 3.91. The molecule has 7 heteroatoms. The van der Waals surface area contributed by atoms with Crippen LogP contribution in [0.25, 0.3) is 5.70 Å². The van der Waals surface area contributed by atoms with Crippen LogP contribution in [0.15, 0.2) is 55.1 Å². The SMILES string of the molecule is C=C1c2ccccc2C(=O)N1CC(=O)OC(C)C(=O)c1ccc(NC(=O)C(C)(C)C)cc1. The second-order valence-electron chi connectivity index (χ2n) is 8.66. The predicted molar refractivity (Wildman–Crippen MR) is 121 cm³/mol. The monoisotopic (exact) mass is 434 g/mol. The number of nitrogens with zero attached hydrogens (tertiary/aromatic N) is 1. The number of esters is 1.